The Balaban J connectivity index is -0.000000411. The molecule has 620 valence electrons. The monoisotopic (exact) mass is 1530 g/mol. The Labute approximate surface area is 648 Å². The number of ketones is 7. The number of carbonyl (C=O) groups excluding carboxylic acids is 9. The number of ether oxygens (including phenoxy) is 12. The number of rotatable bonds is 77. The first-order valence-electron chi connectivity index (χ1n) is 37.9. The standard InChI is InChI=1S/C20H34O5.C18H30O5.C17H29NO4.C15H25NO4.C13H23NO4/c1-5-19(21)9-7-17(3)15-24-13-11-23-12-14-25-16-18(4)8-10-20(22)6-2;1-3-17(19)9-5-7-11-21-13-15-23-16-14-22-12-8-6-10-18(20)4-2;1-5-16(19)8-7-14(3)12-21-9-10-22-13-15(4)11-18-17(20)6-2;1-3-14(17)8-5-6-10-19-12-13-20-11-7-9-16-15(18)4-2;1-3-12(15)6-5-8-17-10-11-18-9-7-14-13(16)4-2/h5-6,17-18H,1-2,7-16H2,3-4H3;3-4H,1-2,5-16H2;5-6,14-15H,1-2,7-13H2,3-4H3,(H,18,20);3-4H,1-2,5-13H2,(H,16,18);3-4,13-14,16H,1-2,5-11H2. The topological polar surface area (TPSA) is 321 Å². The summed E-state index contributed by atoms with van der Waals surface area (Å²) in [7, 11) is 0. The Bertz CT molecular complexity index is 2240. The molecule has 0 saturated carbocycles. The second-order valence-electron chi connectivity index (χ2n) is 24.8. The highest BCUT2D eigenvalue weighted by molar-refractivity contribution is 5.91. The normalized spacial score (nSPS) is 11.8. The molecule has 0 aromatic heterocycles. The third-order valence-electron chi connectivity index (χ3n) is 14.6. The quantitative estimate of drug-likeness (QED) is 0.0190. The van der Waals surface area contributed by atoms with Crippen molar-refractivity contribution < 1.29 is 105 Å². The first-order chi connectivity index (χ1) is 52.1. The van der Waals surface area contributed by atoms with Crippen molar-refractivity contribution in [1.29, 1.82) is 0 Å². The number of carbonyl (C=O) groups is 9. The summed E-state index contributed by atoms with van der Waals surface area (Å²) in [4.78, 5) is 98.9. The molecule has 0 heterocycles. The molecule has 2 amide bonds. The second-order valence-corrected chi connectivity index (χ2v) is 24.8. The Kier molecular flexibility index (Phi) is 91.1. The van der Waals surface area contributed by atoms with E-state index in [1.165, 1.54) is 60.8 Å². The van der Waals surface area contributed by atoms with E-state index in [0.717, 1.165) is 64.2 Å². The lowest BCUT2D eigenvalue weighted by Gasteiger charge is -2.14. The molecule has 0 aliphatic rings. The number of aliphatic hydroxyl groups is 1. The third-order valence-corrected chi connectivity index (χ3v) is 14.6. The molecule has 0 aromatic rings. The van der Waals surface area contributed by atoms with E-state index in [1.54, 1.807) is 0 Å². The van der Waals surface area contributed by atoms with E-state index >= 15 is 0 Å². The molecule has 0 radical (unpaired) electrons. The highest BCUT2D eigenvalue weighted by Gasteiger charge is 2.10. The lowest BCUT2D eigenvalue weighted by atomic mass is 10.0. The van der Waals surface area contributed by atoms with Crippen molar-refractivity contribution in [2.24, 2.45) is 23.7 Å². The van der Waals surface area contributed by atoms with Gasteiger partial charge in [-0.2, -0.15) is 0 Å². The number of allylic oxidation sites excluding steroid dienone is 7. The molecule has 5 unspecified atom stereocenters. The summed E-state index contributed by atoms with van der Waals surface area (Å²) in [6, 6.07) is 0. The van der Waals surface area contributed by atoms with Gasteiger partial charge < -0.3 is 72.6 Å². The van der Waals surface area contributed by atoms with Gasteiger partial charge in [-0.15, -0.1) is 0 Å². The molecule has 0 aliphatic carbocycles. The van der Waals surface area contributed by atoms with Crippen LogP contribution in [0.1, 0.15) is 143 Å². The summed E-state index contributed by atoms with van der Waals surface area (Å²) in [5.74, 6) is 1.48. The van der Waals surface area contributed by atoms with Crippen LogP contribution >= 0.6 is 0 Å². The largest absolute Gasteiger partial charge is 0.379 e. The lowest BCUT2D eigenvalue weighted by molar-refractivity contribution is -0.117. The summed E-state index contributed by atoms with van der Waals surface area (Å²) < 4.78 is 64.9. The summed E-state index contributed by atoms with van der Waals surface area (Å²) in [5.41, 5.74) is 0. The minimum Gasteiger partial charge on any atom is -0.379 e. The minimum atomic E-state index is -0.688. The summed E-state index contributed by atoms with van der Waals surface area (Å²) in [6.45, 7) is 57.7. The number of hydrogen-bond acceptors (Lipinski definition) is 23. The summed E-state index contributed by atoms with van der Waals surface area (Å²) in [6.07, 6.45) is 25.4. The van der Waals surface area contributed by atoms with Gasteiger partial charge in [-0.3, -0.25) is 48.5 Å². The Hall–Kier alpha value is -6.53. The zero-order valence-electron chi connectivity index (χ0n) is 66.6. The molecule has 5 atom stereocenters. The molecular formula is C83H141N3O22. The fraction of sp³-hybridized carbons (Fsp3) is 0.651. The van der Waals surface area contributed by atoms with Crippen molar-refractivity contribution in [3.63, 3.8) is 0 Å². The predicted octanol–water partition coefficient (Wildman–Crippen LogP) is 10.7. The minimum absolute atomic E-state index is 0.0432. The van der Waals surface area contributed by atoms with Gasteiger partial charge >= 0.3 is 0 Å². The first kappa shape index (κ1) is 110. The maximum absolute atomic E-state index is 11.1. The van der Waals surface area contributed by atoms with Crippen LogP contribution in [0.25, 0.3) is 0 Å². The Morgan fingerprint density at radius 1 is 0.278 bits per heavy atom. The molecule has 108 heavy (non-hydrogen) atoms. The van der Waals surface area contributed by atoms with E-state index in [4.69, 9.17) is 61.9 Å². The average Bonchev–Trinajstić information content (AvgIpc) is 1.86. The van der Waals surface area contributed by atoms with Crippen molar-refractivity contribution in [3.8, 4) is 0 Å². The number of nitrogens with one attached hydrogen (secondary N) is 3. The number of unbranched alkanes of at least 4 members (excludes halogenated alkanes) is 3. The van der Waals surface area contributed by atoms with Crippen LogP contribution < -0.4 is 16.0 Å². The predicted molar refractivity (Wildman–Crippen MR) is 427 cm³/mol. The smallest absolute Gasteiger partial charge is 0.243 e. The molecule has 0 fully saturated rings. The van der Waals surface area contributed by atoms with E-state index in [2.05, 4.69) is 103 Å². The molecule has 0 aliphatic heterocycles. The van der Waals surface area contributed by atoms with Crippen LogP contribution in [0.3, 0.4) is 0 Å². The van der Waals surface area contributed by atoms with Gasteiger partial charge in [-0.1, -0.05) is 93.5 Å². The zero-order valence-corrected chi connectivity index (χ0v) is 66.6. The second kappa shape index (κ2) is 89.4. The molecule has 4 N–H and O–H groups in total. The van der Waals surface area contributed by atoms with Crippen LogP contribution in [-0.4, -0.2) is 242 Å². The highest BCUT2D eigenvalue weighted by atomic mass is 16.6. The van der Waals surface area contributed by atoms with Crippen molar-refractivity contribution in [1.82, 2.24) is 16.0 Å². The molecule has 0 aromatic carbocycles. The Morgan fingerprint density at radius 2 is 0.528 bits per heavy atom. The molecule has 25 heteroatoms. The molecular weight excluding hydrogens is 1390 g/mol. The van der Waals surface area contributed by atoms with Crippen LogP contribution in [0.4, 0.5) is 0 Å². The van der Waals surface area contributed by atoms with E-state index < -0.39 is 6.23 Å². The third kappa shape index (κ3) is 95.5. The maximum atomic E-state index is 11.1. The van der Waals surface area contributed by atoms with Crippen molar-refractivity contribution in [3.05, 3.63) is 127 Å². The van der Waals surface area contributed by atoms with Crippen LogP contribution in [0, 0.1) is 23.7 Å². The van der Waals surface area contributed by atoms with Crippen LogP contribution in [0.2, 0.25) is 0 Å². The van der Waals surface area contributed by atoms with E-state index in [1.807, 2.05) is 6.92 Å². The maximum Gasteiger partial charge on any atom is 0.243 e. The fourth-order valence-corrected chi connectivity index (χ4v) is 7.99. The van der Waals surface area contributed by atoms with Crippen molar-refractivity contribution in [2.45, 2.75) is 149 Å². The van der Waals surface area contributed by atoms with E-state index in [0.29, 0.717) is 247 Å². The van der Waals surface area contributed by atoms with Crippen molar-refractivity contribution in [2.75, 3.05) is 178 Å². The Morgan fingerprint density at radius 3 is 0.833 bits per heavy atom. The van der Waals surface area contributed by atoms with Gasteiger partial charge in [0, 0.05) is 117 Å². The molecule has 0 spiro atoms. The van der Waals surface area contributed by atoms with Crippen LogP contribution in [0.5, 0.6) is 0 Å². The summed E-state index contributed by atoms with van der Waals surface area (Å²) in [5, 5.41) is 17.3. The van der Waals surface area contributed by atoms with E-state index in [-0.39, 0.29) is 58.2 Å². The van der Waals surface area contributed by atoms with E-state index in [9.17, 15) is 43.2 Å². The van der Waals surface area contributed by atoms with Crippen LogP contribution in [0.15, 0.2) is 127 Å². The number of amides is 2. The summed E-state index contributed by atoms with van der Waals surface area (Å²) >= 11 is 0. The lowest BCUT2D eigenvalue weighted by Crippen LogP contribution is -2.30. The molecule has 0 bridgehead atoms. The van der Waals surface area contributed by atoms with Gasteiger partial charge in [0.05, 0.1) is 106 Å². The first-order valence-corrected chi connectivity index (χ1v) is 37.9. The number of aliphatic hydroxyl groups excluding tert-OH is 1. The van der Waals surface area contributed by atoms with Gasteiger partial charge in [-0.05, 0) is 155 Å². The fourth-order valence-electron chi connectivity index (χ4n) is 7.99. The van der Waals surface area contributed by atoms with Gasteiger partial charge in [0.1, 0.15) is 6.23 Å². The molecule has 0 rings (SSSR count). The SMILES string of the molecule is C=CC(=O)CCC(C)COCCOCC(C)CNC(=O)C=C.C=CC(=O)CCC(C)COCCOCCOCC(C)CCC(=O)C=C.C=CC(=O)CCCCOCCOCCCNC(=O)C=C.C=CC(=O)CCCCOCCOCCOCCCCC(=O)C=C.C=CC(=O)CCCOCCOCCNC(O)C=C. The van der Waals surface area contributed by atoms with Gasteiger partial charge in [0.25, 0.3) is 0 Å². The van der Waals surface area contributed by atoms with Gasteiger partial charge in [-0.25, -0.2) is 0 Å². The molecule has 25 nitrogen and oxygen atoms in total. The molecule has 0 saturated heterocycles. The van der Waals surface area contributed by atoms with Gasteiger partial charge in [0.15, 0.2) is 40.5 Å². The number of hydrogen-bond donors (Lipinski definition) is 4. The zero-order chi connectivity index (χ0) is 81.6. The van der Waals surface area contributed by atoms with Crippen molar-refractivity contribution >= 4 is 52.3 Å². The van der Waals surface area contributed by atoms with Gasteiger partial charge in [0.2, 0.25) is 11.8 Å². The average molecular weight is 1530 g/mol. The van der Waals surface area contributed by atoms with Crippen LogP contribution in [-0.2, 0) is 100.0 Å². The highest BCUT2D eigenvalue weighted by Crippen LogP contribution is 2.10.